The van der Waals surface area contributed by atoms with Crippen molar-refractivity contribution in [2.45, 2.75) is 6.92 Å². The third kappa shape index (κ3) is 1.52. The van der Waals surface area contributed by atoms with Crippen molar-refractivity contribution in [1.29, 1.82) is 0 Å². The summed E-state index contributed by atoms with van der Waals surface area (Å²) in [5.41, 5.74) is 0.859. The van der Waals surface area contributed by atoms with Crippen LogP contribution in [0.2, 0.25) is 0 Å². The average molecular weight is 189 g/mol. The smallest absolute Gasteiger partial charge is 0.187 e. The Kier molecular flexibility index (Phi) is 2.06. The van der Waals surface area contributed by atoms with Crippen LogP contribution in [0.1, 0.15) is 17.4 Å². The molecule has 2 aromatic heterocycles. The van der Waals surface area contributed by atoms with Crippen LogP contribution in [-0.2, 0) is 0 Å². The van der Waals surface area contributed by atoms with Crippen LogP contribution in [0.3, 0.4) is 0 Å². The molecule has 5 nitrogen and oxygen atoms in total. The molecule has 0 aliphatic carbocycles. The number of Topliss-reactive ketones (excluding diaryl/α,β-unsaturated/α-hetero) is 1. The highest BCUT2D eigenvalue weighted by atomic mass is 16.5. The van der Waals surface area contributed by atoms with E-state index >= 15 is 0 Å². The van der Waals surface area contributed by atoms with Crippen LogP contribution >= 0.6 is 0 Å². The Hall–Kier alpha value is -2.04. The van der Waals surface area contributed by atoms with E-state index in [2.05, 4.69) is 15.1 Å². The Labute approximate surface area is 79.8 Å². The zero-order valence-corrected chi connectivity index (χ0v) is 7.47. The average Bonchev–Trinajstić information content (AvgIpc) is 2.68. The van der Waals surface area contributed by atoms with Gasteiger partial charge in [0, 0.05) is 25.4 Å². The Morgan fingerprint density at radius 3 is 2.86 bits per heavy atom. The van der Waals surface area contributed by atoms with Crippen molar-refractivity contribution in [1.82, 2.24) is 15.1 Å². The summed E-state index contributed by atoms with van der Waals surface area (Å²) in [5.74, 6) is 0.312. The van der Waals surface area contributed by atoms with Gasteiger partial charge in [0.05, 0.1) is 6.20 Å². The number of carbonyl (C=O) groups is 1. The first-order chi connectivity index (χ1) is 6.77. The molecule has 0 aliphatic rings. The molecule has 0 atom stereocenters. The van der Waals surface area contributed by atoms with Crippen molar-refractivity contribution in [3.05, 3.63) is 30.4 Å². The van der Waals surface area contributed by atoms with Crippen molar-refractivity contribution in [3.8, 4) is 11.5 Å². The fraction of sp³-hybridized carbons (Fsp3) is 0.111. The molecule has 0 saturated carbocycles. The minimum absolute atomic E-state index is 0.135. The monoisotopic (exact) mass is 189 g/mol. The third-order valence-corrected chi connectivity index (χ3v) is 1.69. The first-order valence-corrected chi connectivity index (χ1v) is 4.01. The van der Waals surface area contributed by atoms with Crippen LogP contribution < -0.4 is 0 Å². The summed E-state index contributed by atoms with van der Waals surface area (Å²) >= 11 is 0. The summed E-state index contributed by atoms with van der Waals surface area (Å²) in [6.07, 6.45) is 4.65. The molecule has 0 amide bonds. The molecule has 0 fully saturated rings. The molecular weight excluding hydrogens is 182 g/mol. The molecule has 14 heavy (non-hydrogen) atoms. The van der Waals surface area contributed by atoms with Crippen LogP contribution in [0.25, 0.3) is 11.5 Å². The predicted molar refractivity (Wildman–Crippen MR) is 47.5 cm³/mol. The number of hydrogen-bond acceptors (Lipinski definition) is 5. The summed E-state index contributed by atoms with van der Waals surface area (Å²) in [5, 5.41) is 3.60. The van der Waals surface area contributed by atoms with Gasteiger partial charge in [0.1, 0.15) is 11.4 Å². The van der Waals surface area contributed by atoms with E-state index in [0.717, 1.165) is 0 Å². The summed E-state index contributed by atoms with van der Waals surface area (Å²) < 4.78 is 4.94. The molecule has 0 aliphatic heterocycles. The maximum atomic E-state index is 10.9. The maximum Gasteiger partial charge on any atom is 0.187 e. The van der Waals surface area contributed by atoms with Gasteiger partial charge in [-0.1, -0.05) is 5.16 Å². The number of hydrogen-bond donors (Lipinski definition) is 0. The molecule has 0 bridgehead atoms. The topological polar surface area (TPSA) is 68.9 Å². The standard InChI is InChI=1S/C9H7N3O2/c1-6(13)7-4-9(14-12-7)8-5-10-2-3-11-8/h2-5H,1H3. The van der Waals surface area contributed by atoms with Crippen LogP contribution in [0.15, 0.2) is 29.2 Å². The van der Waals surface area contributed by atoms with E-state index in [1.54, 1.807) is 24.7 Å². The van der Waals surface area contributed by atoms with Crippen molar-refractivity contribution in [3.63, 3.8) is 0 Å². The molecule has 0 N–H and O–H groups in total. The van der Waals surface area contributed by atoms with E-state index in [1.165, 1.54) is 6.92 Å². The first-order valence-electron chi connectivity index (χ1n) is 4.01. The fourth-order valence-corrected chi connectivity index (χ4v) is 0.988. The Bertz CT molecular complexity index is 450. The third-order valence-electron chi connectivity index (χ3n) is 1.69. The molecule has 70 valence electrons. The van der Waals surface area contributed by atoms with E-state index in [9.17, 15) is 4.79 Å². The van der Waals surface area contributed by atoms with Crippen LogP contribution in [0.5, 0.6) is 0 Å². The van der Waals surface area contributed by atoms with Crippen molar-refractivity contribution in [2.24, 2.45) is 0 Å². The number of nitrogens with zero attached hydrogens (tertiary/aromatic N) is 3. The van der Waals surface area contributed by atoms with Gasteiger partial charge in [0.25, 0.3) is 0 Å². The van der Waals surface area contributed by atoms with Gasteiger partial charge < -0.3 is 4.52 Å². The Morgan fingerprint density at radius 1 is 1.43 bits per heavy atom. The van der Waals surface area contributed by atoms with E-state index < -0.39 is 0 Å². The zero-order chi connectivity index (χ0) is 9.97. The predicted octanol–water partition coefficient (Wildman–Crippen LogP) is 1.33. The summed E-state index contributed by atoms with van der Waals surface area (Å²) in [4.78, 5) is 18.8. The van der Waals surface area contributed by atoms with Gasteiger partial charge in [0.2, 0.25) is 0 Å². The molecule has 5 heteroatoms. The highest BCUT2D eigenvalue weighted by Crippen LogP contribution is 2.16. The fourth-order valence-electron chi connectivity index (χ4n) is 0.988. The minimum atomic E-state index is -0.135. The van der Waals surface area contributed by atoms with Gasteiger partial charge >= 0.3 is 0 Å². The van der Waals surface area contributed by atoms with Gasteiger partial charge in [-0.3, -0.25) is 9.78 Å². The summed E-state index contributed by atoms with van der Waals surface area (Å²) in [6, 6.07) is 1.55. The molecule has 2 rings (SSSR count). The number of ketones is 1. The first kappa shape index (κ1) is 8.55. The largest absolute Gasteiger partial charge is 0.354 e. The maximum absolute atomic E-state index is 10.9. The van der Waals surface area contributed by atoms with Crippen LogP contribution in [-0.4, -0.2) is 20.9 Å². The Balaban J connectivity index is 2.39. The lowest BCUT2D eigenvalue weighted by Gasteiger charge is -1.89. The van der Waals surface area contributed by atoms with Gasteiger partial charge in [0.15, 0.2) is 11.5 Å². The van der Waals surface area contributed by atoms with E-state index in [1.807, 2.05) is 0 Å². The highest BCUT2D eigenvalue weighted by molar-refractivity contribution is 5.92. The number of aromatic nitrogens is 3. The minimum Gasteiger partial charge on any atom is -0.354 e. The number of carbonyl (C=O) groups excluding carboxylic acids is 1. The van der Waals surface area contributed by atoms with E-state index in [4.69, 9.17) is 4.52 Å². The van der Waals surface area contributed by atoms with Crippen molar-refractivity contribution < 1.29 is 9.32 Å². The molecule has 0 aromatic carbocycles. The quantitative estimate of drug-likeness (QED) is 0.666. The molecular formula is C9H7N3O2. The molecule has 2 aromatic rings. The second kappa shape index (κ2) is 3.37. The number of rotatable bonds is 2. The molecule has 0 radical (unpaired) electrons. The molecule has 0 unspecified atom stereocenters. The van der Waals surface area contributed by atoms with Gasteiger partial charge in [-0.15, -0.1) is 0 Å². The zero-order valence-electron chi connectivity index (χ0n) is 7.47. The van der Waals surface area contributed by atoms with Crippen molar-refractivity contribution >= 4 is 5.78 Å². The normalized spacial score (nSPS) is 10.1. The van der Waals surface area contributed by atoms with Crippen LogP contribution in [0.4, 0.5) is 0 Å². The summed E-state index contributed by atoms with van der Waals surface area (Å²) in [7, 11) is 0. The van der Waals surface area contributed by atoms with E-state index in [-0.39, 0.29) is 5.78 Å². The van der Waals surface area contributed by atoms with Crippen LogP contribution in [0, 0.1) is 0 Å². The molecule has 0 saturated heterocycles. The lowest BCUT2D eigenvalue weighted by atomic mass is 10.2. The second-order valence-electron chi connectivity index (χ2n) is 2.72. The van der Waals surface area contributed by atoms with Gasteiger partial charge in [-0.25, -0.2) is 4.98 Å². The molecule has 0 spiro atoms. The Morgan fingerprint density at radius 2 is 2.29 bits per heavy atom. The molecule has 2 heterocycles. The summed E-state index contributed by atoms with van der Waals surface area (Å²) in [6.45, 7) is 1.43. The second-order valence-corrected chi connectivity index (χ2v) is 2.72. The van der Waals surface area contributed by atoms with Gasteiger partial charge in [-0.2, -0.15) is 0 Å². The van der Waals surface area contributed by atoms with E-state index in [0.29, 0.717) is 17.1 Å². The highest BCUT2D eigenvalue weighted by Gasteiger charge is 2.10. The van der Waals surface area contributed by atoms with Gasteiger partial charge in [-0.05, 0) is 0 Å². The lowest BCUT2D eigenvalue weighted by Crippen LogP contribution is -1.89. The lowest BCUT2D eigenvalue weighted by molar-refractivity contribution is 0.100. The van der Waals surface area contributed by atoms with Crippen molar-refractivity contribution in [2.75, 3.05) is 0 Å². The SMILES string of the molecule is CC(=O)c1cc(-c2cnccn2)on1.